The number of carboxylic acid groups (broad SMARTS) is 2. The van der Waals surface area contributed by atoms with E-state index < -0.39 is 23.9 Å². The molecule has 0 unspecified atom stereocenters. The highest BCUT2D eigenvalue weighted by atomic mass is 16.6. The van der Waals surface area contributed by atoms with E-state index in [2.05, 4.69) is 209 Å². The smallest absolute Gasteiger partial charge is 0.338 e. The highest BCUT2D eigenvalue weighted by Gasteiger charge is 2.26. The van der Waals surface area contributed by atoms with E-state index in [9.17, 15) is 19.2 Å². The fourth-order valence-electron chi connectivity index (χ4n) is 8.30. The first kappa shape index (κ1) is 61.3. The maximum atomic E-state index is 10.6. The number of ether oxygens (including phenoxy) is 1. The zero-order chi connectivity index (χ0) is 50.8. The molecule has 0 aliphatic heterocycles. The Kier molecular flexibility index (Phi) is 30.8. The number of hydrogen-bond acceptors (Lipinski definition) is 5. The van der Waals surface area contributed by atoms with E-state index in [0.29, 0.717) is 24.3 Å². The van der Waals surface area contributed by atoms with Gasteiger partial charge in [0.15, 0.2) is 0 Å². The second-order valence-corrected chi connectivity index (χ2v) is 15.8. The Morgan fingerprint density at radius 1 is 0.328 bits per heavy atom. The molecule has 11 nitrogen and oxygen atoms in total. The maximum absolute atomic E-state index is 10.6. The van der Waals surface area contributed by atoms with Gasteiger partial charge in [-0.3, -0.25) is 17.9 Å². The van der Waals surface area contributed by atoms with Gasteiger partial charge in [-0.05, 0) is 132 Å². The molecule has 0 fully saturated rings. The molecule has 0 radical (unpaired) electrons. The largest absolute Gasteiger partial charge is 0.478 e. The van der Waals surface area contributed by atoms with Gasteiger partial charge in [-0.25, -0.2) is 19.2 Å². The van der Waals surface area contributed by atoms with Crippen molar-refractivity contribution in [2.75, 3.05) is 78.5 Å². The standard InChI is InChI=1S/4C12H20N.C8H6O7/c4*1-4-13(5-2,6-3)12-10-8-7-9-11-12;9-5(10)1-3-7(13)15-8(14)4-2-6(11)12/h4*7-11H,4-6H2,1-3H3;1-4H,(H,9,10)(H,11,12)/q4*+1;/b;;;;3-1-,4-2+. The molecule has 2 N–H and O–H groups in total. The zero-order valence-electron chi connectivity index (χ0n) is 43.1. The highest BCUT2D eigenvalue weighted by Crippen LogP contribution is 2.24. The van der Waals surface area contributed by atoms with Crippen molar-refractivity contribution in [2.45, 2.75) is 83.1 Å². The molecule has 4 aromatic rings. The van der Waals surface area contributed by atoms with E-state index >= 15 is 0 Å². The first-order chi connectivity index (χ1) is 32.1. The van der Waals surface area contributed by atoms with Crippen LogP contribution >= 0.6 is 0 Å². The van der Waals surface area contributed by atoms with Crippen molar-refractivity contribution in [3.8, 4) is 0 Å². The van der Waals surface area contributed by atoms with E-state index in [1.807, 2.05) is 0 Å². The van der Waals surface area contributed by atoms with Gasteiger partial charge >= 0.3 is 23.9 Å². The van der Waals surface area contributed by atoms with Crippen LogP contribution < -0.4 is 17.9 Å². The van der Waals surface area contributed by atoms with Crippen LogP contribution in [0.25, 0.3) is 0 Å². The predicted octanol–water partition coefficient (Wildman–Crippen LogP) is 11.6. The summed E-state index contributed by atoms with van der Waals surface area (Å²) in [6.45, 7) is 41.3. The van der Waals surface area contributed by atoms with Gasteiger partial charge in [-0.2, -0.15) is 0 Å². The fraction of sp³-hybridized carbons (Fsp3) is 0.429. The summed E-state index contributed by atoms with van der Waals surface area (Å²) in [6, 6.07) is 43.2. The van der Waals surface area contributed by atoms with Gasteiger partial charge in [0, 0.05) is 24.3 Å². The Bertz CT molecular complexity index is 1700. The summed E-state index contributed by atoms with van der Waals surface area (Å²) in [7, 11) is 0. The molecule has 4 rings (SSSR count). The van der Waals surface area contributed by atoms with E-state index in [1.165, 1.54) is 101 Å². The van der Waals surface area contributed by atoms with Crippen LogP contribution in [0.3, 0.4) is 0 Å². The monoisotopic (exact) mass is 927 g/mol. The summed E-state index contributed by atoms with van der Waals surface area (Å²) in [4.78, 5) is 41.1. The number of aliphatic carboxylic acids is 2. The maximum Gasteiger partial charge on any atom is 0.338 e. The van der Waals surface area contributed by atoms with Crippen LogP contribution in [0.2, 0.25) is 0 Å². The normalized spacial score (nSPS) is 11.3. The van der Waals surface area contributed by atoms with Crippen LogP contribution in [0.15, 0.2) is 146 Å². The molecular formula is C56H86N4O7+4. The number of benzene rings is 4. The highest BCUT2D eigenvalue weighted by molar-refractivity contribution is 6.00. The minimum Gasteiger partial charge on any atom is -0.478 e. The van der Waals surface area contributed by atoms with Crippen molar-refractivity contribution in [3.05, 3.63) is 146 Å². The van der Waals surface area contributed by atoms with E-state index in [0.717, 1.165) is 17.9 Å². The number of carbonyl (C=O) groups is 4. The van der Waals surface area contributed by atoms with Gasteiger partial charge in [-0.15, -0.1) is 0 Å². The first-order valence-corrected chi connectivity index (χ1v) is 24.3. The Balaban J connectivity index is 0.000000813. The third kappa shape index (κ3) is 20.4. The molecule has 0 aromatic heterocycles. The molecule has 0 heterocycles. The second kappa shape index (κ2) is 33.7. The molecule has 0 atom stereocenters. The van der Waals surface area contributed by atoms with E-state index in [1.54, 1.807) is 0 Å². The van der Waals surface area contributed by atoms with Crippen LogP contribution in [-0.4, -0.2) is 113 Å². The predicted molar refractivity (Wildman–Crippen MR) is 284 cm³/mol. The molecule has 0 spiro atoms. The van der Waals surface area contributed by atoms with Gasteiger partial charge in [0.1, 0.15) is 22.7 Å². The van der Waals surface area contributed by atoms with Crippen molar-refractivity contribution in [3.63, 3.8) is 0 Å². The Morgan fingerprint density at radius 2 is 0.493 bits per heavy atom. The molecule has 4 aromatic carbocycles. The molecule has 0 bridgehead atoms. The number of rotatable bonds is 20. The first-order valence-electron chi connectivity index (χ1n) is 24.3. The van der Waals surface area contributed by atoms with Crippen LogP contribution in [-0.2, 0) is 23.9 Å². The third-order valence-electron chi connectivity index (χ3n) is 13.4. The van der Waals surface area contributed by atoms with Crippen molar-refractivity contribution in [1.29, 1.82) is 0 Å². The van der Waals surface area contributed by atoms with Gasteiger partial charge in [-0.1, -0.05) is 72.8 Å². The van der Waals surface area contributed by atoms with Crippen LogP contribution in [0, 0.1) is 0 Å². The van der Waals surface area contributed by atoms with Gasteiger partial charge in [0.05, 0.1) is 78.5 Å². The average Bonchev–Trinajstić information content (AvgIpc) is 3.38. The van der Waals surface area contributed by atoms with E-state index in [4.69, 9.17) is 10.2 Å². The lowest BCUT2D eigenvalue weighted by molar-refractivity contribution is -0.153. The molecular weight excluding hydrogens is 841 g/mol. The molecule has 0 aliphatic rings. The lowest BCUT2D eigenvalue weighted by atomic mass is 10.2. The summed E-state index contributed by atoms with van der Waals surface area (Å²) in [5.41, 5.74) is 5.76. The van der Waals surface area contributed by atoms with Crippen LogP contribution in [0.5, 0.6) is 0 Å². The zero-order valence-corrected chi connectivity index (χ0v) is 43.1. The summed E-state index contributed by atoms with van der Waals surface area (Å²) in [5, 5.41) is 16.2. The van der Waals surface area contributed by atoms with Crippen LogP contribution in [0.1, 0.15) is 83.1 Å². The number of quaternary nitrogens is 4. The molecule has 0 saturated heterocycles. The van der Waals surface area contributed by atoms with E-state index in [-0.39, 0.29) is 0 Å². The molecule has 0 saturated carbocycles. The quantitative estimate of drug-likeness (QED) is 0.0392. The minimum absolute atomic E-state index is 0.483. The molecule has 67 heavy (non-hydrogen) atoms. The Hall–Kier alpha value is -5.72. The van der Waals surface area contributed by atoms with Crippen molar-refractivity contribution >= 4 is 46.6 Å². The number of esters is 2. The summed E-state index contributed by atoms with van der Waals surface area (Å²) < 4.78 is 8.37. The number of hydrogen-bond donors (Lipinski definition) is 2. The Morgan fingerprint density at radius 3 is 0.627 bits per heavy atom. The number of carbonyl (C=O) groups excluding carboxylic acids is 2. The fourth-order valence-corrected chi connectivity index (χ4v) is 8.30. The third-order valence-corrected chi connectivity index (χ3v) is 13.4. The summed E-state index contributed by atoms with van der Waals surface area (Å²) in [5.74, 6) is -5.14. The van der Waals surface area contributed by atoms with Gasteiger partial charge < -0.3 is 14.9 Å². The summed E-state index contributed by atoms with van der Waals surface area (Å²) >= 11 is 0. The van der Waals surface area contributed by atoms with Gasteiger partial charge in [0.25, 0.3) is 0 Å². The molecule has 0 amide bonds. The Labute approximate surface area is 404 Å². The van der Waals surface area contributed by atoms with Crippen molar-refractivity contribution < 1.29 is 34.1 Å². The SMILES string of the molecule is CC[N+](CC)(CC)c1ccccc1.CC[N+](CC)(CC)c1ccccc1.CC[N+](CC)(CC)c1ccccc1.CC[N+](CC)(CC)c1ccccc1.O=C(O)/C=C\C(=O)OC(=O)/C=C/C(=O)O. The molecule has 0 aliphatic carbocycles. The number of para-hydroxylation sites is 4. The van der Waals surface area contributed by atoms with Crippen LogP contribution in [0.4, 0.5) is 22.7 Å². The average molecular weight is 927 g/mol. The lowest BCUT2D eigenvalue weighted by Gasteiger charge is -2.35. The van der Waals surface area contributed by atoms with Crippen molar-refractivity contribution in [1.82, 2.24) is 17.9 Å². The summed E-state index contributed by atoms with van der Waals surface area (Å²) in [6.07, 6.45) is 2.01. The second-order valence-electron chi connectivity index (χ2n) is 15.8. The number of carboxylic acids is 2. The van der Waals surface area contributed by atoms with Crippen molar-refractivity contribution in [2.24, 2.45) is 0 Å². The topological polar surface area (TPSA) is 118 Å². The van der Waals surface area contributed by atoms with Gasteiger partial charge in [0.2, 0.25) is 0 Å². The number of nitrogens with zero attached hydrogens (tertiary/aromatic N) is 4. The molecule has 11 heteroatoms. The molecule has 368 valence electrons. The lowest BCUT2D eigenvalue weighted by Crippen LogP contribution is -2.48. The minimum atomic E-state index is -1.37.